The van der Waals surface area contributed by atoms with Crippen LogP contribution in [0.4, 0.5) is 4.79 Å². The van der Waals surface area contributed by atoms with Crippen LogP contribution in [0, 0.1) is 5.41 Å². The summed E-state index contributed by atoms with van der Waals surface area (Å²) in [7, 11) is 0. The Kier molecular flexibility index (Phi) is 2.53. The second kappa shape index (κ2) is 3.47. The number of ether oxygens (including phenoxy) is 1. The molecular formula is C13H21NO3. The van der Waals surface area contributed by atoms with Crippen LogP contribution in [-0.4, -0.2) is 23.0 Å². The Labute approximate surface area is 102 Å². The standard InChI is InChI=1S/C13H21NO3/c1-5-9(15)12-6-13(7-12,8-12)14-10(16)17-11(2,3)4/h5-8H2,1-4H3,(H,14,16). The first-order chi connectivity index (χ1) is 7.70. The molecule has 0 atom stereocenters. The number of carbonyl (C=O) groups is 2. The molecule has 0 heterocycles. The maximum absolute atomic E-state index is 11.7. The molecule has 0 unspecified atom stereocenters. The van der Waals surface area contributed by atoms with E-state index >= 15 is 0 Å². The molecule has 3 saturated carbocycles. The second-order valence-corrected chi connectivity index (χ2v) is 6.49. The van der Waals surface area contributed by atoms with Crippen LogP contribution in [-0.2, 0) is 9.53 Å². The monoisotopic (exact) mass is 239 g/mol. The Balaban J connectivity index is 1.82. The van der Waals surface area contributed by atoms with Gasteiger partial charge in [0.15, 0.2) is 0 Å². The lowest BCUT2D eigenvalue weighted by atomic mass is 9.38. The number of rotatable bonds is 3. The summed E-state index contributed by atoms with van der Waals surface area (Å²) in [5.74, 6) is 0.338. The molecule has 17 heavy (non-hydrogen) atoms. The van der Waals surface area contributed by atoms with Crippen molar-refractivity contribution in [3.8, 4) is 0 Å². The van der Waals surface area contributed by atoms with Gasteiger partial charge in [-0.15, -0.1) is 0 Å². The van der Waals surface area contributed by atoms with Gasteiger partial charge in [-0.2, -0.15) is 0 Å². The van der Waals surface area contributed by atoms with E-state index < -0.39 is 5.60 Å². The number of ketones is 1. The van der Waals surface area contributed by atoms with Crippen LogP contribution in [0.5, 0.6) is 0 Å². The fourth-order valence-electron chi connectivity index (χ4n) is 3.11. The van der Waals surface area contributed by atoms with E-state index in [9.17, 15) is 9.59 Å². The van der Waals surface area contributed by atoms with Gasteiger partial charge in [-0.1, -0.05) is 6.92 Å². The van der Waals surface area contributed by atoms with Crippen molar-refractivity contribution in [3.63, 3.8) is 0 Å². The molecule has 96 valence electrons. The molecule has 0 spiro atoms. The highest BCUT2D eigenvalue weighted by Gasteiger charge is 2.71. The van der Waals surface area contributed by atoms with Crippen LogP contribution in [0.25, 0.3) is 0 Å². The van der Waals surface area contributed by atoms with Crippen LogP contribution in [0.3, 0.4) is 0 Å². The molecule has 3 aliphatic rings. The number of hydrogen-bond donors (Lipinski definition) is 1. The lowest BCUT2D eigenvalue weighted by Crippen LogP contribution is -2.77. The first kappa shape index (κ1) is 12.4. The predicted molar refractivity (Wildman–Crippen MR) is 63.7 cm³/mol. The zero-order valence-corrected chi connectivity index (χ0v) is 11.1. The van der Waals surface area contributed by atoms with Gasteiger partial charge < -0.3 is 10.1 Å². The van der Waals surface area contributed by atoms with Gasteiger partial charge in [0.1, 0.15) is 11.4 Å². The molecule has 2 bridgehead atoms. The zero-order valence-electron chi connectivity index (χ0n) is 11.1. The summed E-state index contributed by atoms with van der Waals surface area (Å²) in [6, 6.07) is 0. The maximum Gasteiger partial charge on any atom is 0.408 e. The van der Waals surface area contributed by atoms with Crippen molar-refractivity contribution in [3.05, 3.63) is 0 Å². The fourth-order valence-corrected chi connectivity index (χ4v) is 3.11. The van der Waals surface area contributed by atoms with E-state index in [1.807, 2.05) is 27.7 Å². The molecule has 1 amide bonds. The van der Waals surface area contributed by atoms with E-state index in [1.54, 1.807) is 0 Å². The molecule has 4 heteroatoms. The van der Waals surface area contributed by atoms with Crippen molar-refractivity contribution in [1.82, 2.24) is 5.32 Å². The zero-order chi connectivity index (χ0) is 12.9. The predicted octanol–water partition coefficient (Wildman–Crippen LogP) is 2.41. The molecule has 0 radical (unpaired) electrons. The number of nitrogens with one attached hydrogen (secondary N) is 1. The molecule has 4 nitrogen and oxygen atoms in total. The summed E-state index contributed by atoms with van der Waals surface area (Å²) < 4.78 is 5.22. The van der Waals surface area contributed by atoms with E-state index in [1.165, 1.54) is 0 Å². The van der Waals surface area contributed by atoms with Gasteiger partial charge in [-0.05, 0) is 40.0 Å². The van der Waals surface area contributed by atoms with Gasteiger partial charge in [-0.25, -0.2) is 4.79 Å². The largest absolute Gasteiger partial charge is 0.444 e. The smallest absolute Gasteiger partial charge is 0.408 e. The van der Waals surface area contributed by atoms with Gasteiger partial charge >= 0.3 is 6.09 Å². The first-order valence-corrected chi connectivity index (χ1v) is 6.25. The van der Waals surface area contributed by atoms with Crippen molar-refractivity contribution >= 4 is 11.9 Å². The average Bonchev–Trinajstić information content (AvgIpc) is 2.04. The molecule has 3 fully saturated rings. The summed E-state index contributed by atoms with van der Waals surface area (Å²) >= 11 is 0. The van der Waals surface area contributed by atoms with Crippen molar-refractivity contribution in [1.29, 1.82) is 0 Å². The minimum absolute atomic E-state index is 0.107. The highest BCUT2D eigenvalue weighted by atomic mass is 16.6. The molecule has 3 aliphatic carbocycles. The SMILES string of the molecule is CCC(=O)C12CC(NC(=O)OC(C)(C)C)(C1)C2. The van der Waals surface area contributed by atoms with Gasteiger partial charge in [0.25, 0.3) is 0 Å². The Morgan fingerprint density at radius 3 is 2.18 bits per heavy atom. The van der Waals surface area contributed by atoms with Gasteiger partial charge in [-0.3, -0.25) is 4.79 Å². The van der Waals surface area contributed by atoms with E-state index in [0.717, 1.165) is 19.3 Å². The Bertz CT molecular complexity index is 348. The first-order valence-electron chi connectivity index (χ1n) is 6.25. The number of hydrogen-bond acceptors (Lipinski definition) is 3. The lowest BCUT2D eigenvalue weighted by Gasteiger charge is -2.69. The van der Waals surface area contributed by atoms with Crippen LogP contribution >= 0.6 is 0 Å². The van der Waals surface area contributed by atoms with Gasteiger partial charge in [0, 0.05) is 17.4 Å². The Morgan fingerprint density at radius 2 is 1.76 bits per heavy atom. The highest BCUT2D eigenvalue weighted by Crippen LogP contribution is 2.67. The average molecular weight is 239 g/mol. The number of amides is 1. The van der Waals surface area contributed by atoms with E-state index in [0.29, 0.717) is 12.2 Å². The van der Waals surface area contributed by atoms with E-state index in [2.05, 4.69) is 5.32 Å². The second-order valence-electron chi connectivity index (χ2n) is 6.49. The van der Waals surface area contributed by atoms with Gasteiger partial charge in [0.2, 0.25) is 0 Å². The highest BCUT2D eigenvalue weighted by molar-refractivity contribution is 5.89. The molecule has 1 N–H and O–H groups in total. The van der Waals surface area contributed by atoms with Crippen molar-refractivity contribution in [2.75, 3.05) is 0 Å². The summed E-state index contributed by atoms with van der Waals surface area (Å²) in [5.41, 5.74) is -0.721. The minimum atomic E-state index is -0.468. The number of Topliss-reactive ketones (excluding diaryl/α,β-unsaturated/α-hetero) is 1. The fraction of sp³-hybridized carbons (Fsp3) is 0.846. The summed E-state index contributed by atoms with van der Waals surface area (Å²) in [6.07, 6.45) is 2.63. The third-order valence-corrected chi connectivity index (χ3v) is 3.71. The third kappa shape index (κ3) is 2.05. The van der Waals surface area contributed by atoms with E-state index in [-0.39, 0.29) is 17.0 Å². The van der Waals surface area contributed by atoms with Crippen LogP contribution in [0.1, 0.15) is 53.4 Å². The third-order valence-electron chi connectivity index (χ3n) is 3.71. The molecule has 0 saturated heterocycles. The van der Waals surface area contributed by atoms with Crippen LogP contribution < -0.4 is 5.32 Å². The minimum Gasteiger partial charge on any atom is -0.444 e. The van der Waals surface area contributed by atoms with Crippen LogP contribution in [0.15, 0.2) is 0 Å². The Morgan fingerprint density at radius 1 is 1.24 bits per heavy atom. The van der Waals surface area contributed by atoms with Crippen molar-refractivity contribution in [2.24, 2.45) is 5.41 Å². The molecule has 0 aromatic rings. The lowest BCUT2D eigenvalue weighted by molar-refractivity contribution is -0.176. The van der Waals surface area contributed by atoms with Crippen LogP contribution in [0.2, 0.25) is 0 Å². The van der Waals surface area contributed by atoms with Crippen molar-refractivity contribution in [2.45, 2.75) is 64.5 Å². The molecule has 3 rings (SSSR count). The Hall–Kier alpha value is -1.06. The quantitative estimate of drug-likeness (QED) is 0.822. The summed E-state index contributed by atoms with van der Waals surface area (Å²) in [4.78, 5) is 23.3. The molecule has 0 aromatic heterocycles. The number of carbonyl (C=O) groups excluding carboxylic acids is 2. The summed E-state index contributed by atoms with van der Waals surface area (Å²) in [6.45, 7) is 7.43. The normalized spacial score (nSPS) is 34.4. The maximum atomic E-state index is 11.7. The van der Waals surface area contributed by atoms with Crippen molar-refractivity contribution < 1.29 is 14.3 Å². The molecular weight excluding hydrogens is 218 g/mol. The summed E-state index contributed by atoms with van der Waals surface area (Å²) in [5, 5.41) is 2.91. The van der Waals surface area contributed by atoms with Gasteiger partial charge in [0.05, 0.1) is 0 Å². The topological polar surface area (TPSA) is 55.4 Å². The number of alkyl carbamates (subject to hydrolysis) is 1. The molecule has 0 aliphatic heterocycles. The molecule has 0 aromatic carbocycles. The van der Waals surface area contributed by atoms with E-state index in [4.69, 9.17) is 4.74 Å².